The third kappa shape index (κ3) is 5.04. The predicted octanol–water partition coefficient (Wildman–Crippen LogP) is 6.09. The Morgan fingerprint density at radius 1 is 1.19 bits per heavy atom. The molecule has 176 valence electrons. The summed E-state index contributed by atoms with van der Waals surface area (Å²) in [4.78, 5) is 0. The fourth-order valence-electron chi connectivity index (χ4n) is 7.06. The van der Waals surface area contributed by atoms with E-state index < -0.39 is 17.8 Å². The number of allylic oxidation sites excluding steroid dienone is 3. The Bertz CT molecular complexity index is 727. The maximum absolute atomic E-state index is 10.2. The minimum atomic E-state index is -0.624. The van der Waals surface area contributed by atoms with E-state index >= 15 is 0 Å². The van der Waals surface area contributed by atoms with Gasteiger partial charge in [-0.05, 0) is 92.6 Å². The standard InChI is InChI=1S/C28H46O3/c1-19(9-7-14-26(3,4)31)24-13-16-27(5)22(10-8-15-28(24,27)6)12-11-21-17-23(29)18-25(30)20(21)2/h11-12,19,23-25,29-31H,2,7-10,13-18H2,1,3-6H3/b21-11-,22-12+/t19?,23?,24?,25-,27?,28+/m0/s1. The highest BCUT2D eigenvalue weighted by Gasteiger charge is 2.57. The van der Waals surface area contributed by atoms with Crippen molar-refractivity contribution in [2.75, 3.05) is 0 Å². The molecule has 3 rings (SSSR count). The molecular weight excluding hydrogens is 384 g/mol. The lowest BCUT2D eigenvalue weighted by molar-refractivity contribution is 0.0299. The average molecular weight is 431 g/mol. The second-order valence-electron chi connectivity index (χ2n) is 11.9. The number of hydrogen-bond acceptors (Lipinski definition) is 3. The van der Waals surface area contributed by atoms with Crippen molar-refractivity contribution in [3.05, 3.63) is 35.5 Å². The number of hydrogen-bond donors (Lipinski definition) is 3. The minimum absolute atomic E-state index is 0.213. The first kappa shape index (κ1) is 24.7. The van der Waals surface area contributed by atoms with Gasteiger partial charge in [-0.2, -0.15) is 0 Å². The van der Waals surface area contributed by atoms with Gasteiger partial charge in [0.2, 0.25) is 0 Å². The van der Waals surface area contributed by atoms with Crippen molar-refractivity contribution in [2.45, 2.75) is 117 Å². The largest absolute Gasteiger partial charge is 0.393 e. The van der Waals surface area contributed by atoms with Crippen LogP contribution in [-0.2, 0) is 0 Å². The van der Waals surface area contributed by atoms with Crippen LogP contribution in [0.15, 0.2) is 35.5 Å². The molecule has 3 aliphatic rings. The molecule has 0 aliphatic heterocycles. The number of aliphatic hydroxyl groups excluding tert-OH is 2. The molecule has 6 atom stereocenters. The van der Waals surface area contributed by atoms with Gasteiger partial charge in [-0.1, -0.05) is 57.9 Å². The second-order valence-corrected chi connectivity index (χ2v) is 11.9. The summed E-state index contributed by atoms with van der Waals surface area (Å²) >= 11 is 0. The Morgan fingerprint density at radius 3 is 2.58 bits per heavy atom. The molecule has 3 nitrogen and oxygen atoms in total. The van der Waals surface area contributed by atoms with Crippen molar-refractivity contribution in [1.29, 1.82) is 0 Å². The number of aliphatic hydroxyl groups is 3. The molecule has 0 saturated heterocycles. The Hall–Kier alpha value is -0.900. The zero-order valence-electron chi connectivity index (χ0n) is 20.6. The quantitative estimate of drug-likeness (QED) is 0.477. The van der Waals surface area contributed by atoms with Crippen LogP contribution in [0.1, 0.15) is 98.8 Å². The molecule has 3 saturated carbocycles. The summed E-state index contributed by atoms with van der Waals surface area (Å²) in [5, 5.41) is 30.3. The summed E-state index contributed by atoms with van der Waals surface area (Å²) in [6.07, 6.45) is 13.7. The molecule has 3 aliphatic carbocycles. The number of rotatable bonds is 6. The molecule has 0 aromatic rings. The molecule has 0 amide bonds. The van der Waals surface area contributed by atoms with Crippen LogP contribution in [-0.4, -0.2) is 33.1 Å². The highest BCUT2D eigenvalue weighted by Crippen LogP contribution is 2.67. The topological polar surface area (TPSA) is 60.7 Å². The van der Waals surface area contributed by atoms with Crippen molar-refractivity contribution in [1.82, 2.24) is 0 Å². The first-order chi connectivity index (χ1) is 14.4. The van der Waals surface area contributed by atoms with Crippen LogP contribution < -0.4 is 0 Å². The van der Waals surface area contributed by atoms with E-state index in [4.69, 9.17) is 0 Å². The van der Waals surface area contributed by atoms with Gasteiger partial charge >= 0.3 is 0 Å². The highest BCUT2D eigenvalue weighted by atomic mass is 16.3. The van der Waals surface area contributed by atoms with Gasteiger partial charge in [-0.25, -0.2) is 0 Å². The van der Waals surface area contributed by atoms with Gasteiger partial charge in [-0.15, -0.1) is 0 Å². The first-order valence-corrected chi connectivity index (χ1v) is 12.6. The van der Waals surface area contributed by atoms with Gasteiger partial charge in [0.15, 0.2) is 0 Å². The minimum Gasteiger partial charge on any atom is -0.393 e. The summed E-state index contributed by atoms with van der Waals surface area (Å²) in [5.74, 6) is 1.40. The molecule has 0 radical (unpaired) electrons. The molecule has 0 aromatic carbocycles. The van der Waals surface area contributed by atoms with Crippen molar-refractivity contribution >= 4 is 0 Å². The van der Waals surface area contributed by atoms with Crippen molar-refractivity contribution < 1.29 is 15.3 Å². The SMILES string of the molecule is C=C1/C(=C\C=C2/CCC[C@]3(C)C(C(C)CCCC(C)(C)O)CCC23C)CC(O)C[C@@H]1O. The van der Waals surface area contributed by atoms with Crippen LogP contribution in [0.5, 0.6) is 0 Å². The molecule has 3 heteroatoms. The zero-order chi connectivity index (χ0) is 23.0. The van der Waals surface area contributed by atoms with E-state index in [0.717, 1.165) is 36.3 Å². The van der Waals surface area contributed by atoms with E-state index in [1.807, 2.05) is 13.8 Å². The van der Waals surface area contributed by atoms with Crippen LogP contribution in [0.2, 0.25) is 0 Å². The maximum Gasteiger partial charge on any atom is 0.0811 e. The third-order valence-electron chi connectivity index (χ3n) is 9.27. The molecule has 0 bridgehead atoms. The van der Waals surface area contributed by atoms with E-state index in [1.54, 1.807) is 5.57 Å². The first-order valence-electron chi connectivity index (χ1n) is 12.6. The monoisotopic (exact) mass is 430 g/mol. The average Bonchev–Trinajstić information content (AvgIpc) is 2.94. The van der Waals surface area contributed by atoms with Crippen molar-refractivity contribution in [2.24, 2.45) is 22.7 Å². The normalized spacial score (nSPS) is 40.4. The summed E-state index contributed by atoms with van der Waals surface area (Å²) in [6, 6.07) is 0. The Balaban J connectivity index is 1.77. The molecule has 0 aromatic heterocycles. The molecule has 4 unspecified atom stereocenters. The van der Waals surface area contributed by atoms with Crippen molar-refractivity contribution in [3.8, 4) is 0 Å². The van der Waals surface area contributed by atoms with E-state index in [1.165, 1.54) is 32.1 Å². The van der Waals surface area contributed by atoms with E-state index in [2.05, 4.69) is 39.5 Å². The fraction of sp³-hybridized carbons (Fsp3) is 0.786. The fourth-order valence-corrected chi connectivity index (χ4v) is 7.06. The van der Waals surface area contributed by atoms with E-state index in [9.17, 15) is 15.3 Å². The third-order valence-corrected chi connectivity index (χ3v) is 9.27. The summed E-state index contributed by atoms with van der Waals surface area (Å²) in [7, 11) is 0. The summed E-state index contributed by atoms with van der Waals surface area (Å²) in [5.41, 5.74) is 3.28. The Morgan fingerprint density at radius 2 is 1.90 bits per heavy atom. The summed E-state index contributed by atoms with van der Waals surface area (Å²) < 4.78 is 0. The van der Waals surface area contributed by atoms with Gasteiger partial charge in [0, 0.05) is 6.42 Å². The lowest BCUT2D eigenvalue weighted by Crippen LogP contribution is -2.43. The van der Waals surface area contributed by atoms with E-state index in [-0.39, 0.29) is 5.41 Å². The Kier molecular flexibility index (Phi) is 7.30. The molecule has 0 heterocycles. The van der Waals surface area contributed by atoms with Crippen molar-refractivity contribution in [3.63, 3.8) is 0 Å². The summed E-state index contributed by atoms with van der Waals surface area (Å²) in [6.45, 7) is 15.4. The second kappa shape index (κ2) is 9.15. The smallest absolute Gasteiger partial charge is 0.0811 e. The van der Waals surface area contributed by atoms with E-state index in [0.29, 0.717) is 24.2 Å². The van der Waals surface area contributed by atoms with Gasteiger partial charge in [0.25, 0.3) is 0 Å². The molecule has 3 N–H and O–H groups in total. The Labute approximate surface area is 190 Å². The highest BCUT2D eigenvalue weighted by molar-refractivity contribution is 5.39. The predicted molar refractivity (Wildman–Crippen MR) is 129 cm³/mol. The molecule has 3 fully saturated rings. The molecule has 0 spiro atoms. The van der Waals surface area contributed by atoms with Crippen LogP contribution in [0.25, 0.3) is 0 Å². The molecular formula is C28H46O3. The van der Waals surface area contributed by atoms with Crippen LogP contribution in [0.4, 0.5) is 0 Å². The lowest BCUT2D eigenvalue weighted by atomic mass is 9.53. The van der Waals surface area contributed by atoms with Crippen LogP contribution in [0.3, 0.4) is 0 Å². The van der Waals surface area contributed by atoms with Crippen LogP contribution in [0, 0.1) is 22.7 Å². The number of fused-ring (bicyclic) bond motifs is 1. The van der Waals surface area contributed by atoms with Gasteiger partial charge in [0.1, 0.15) is 0 Å². The molecule has 31 heavy (non-hydrogen) atoms. The lowest BCUT2D eigenvalue weighted by Gasteiger charge is -2.51. The van der Waals surface area contributed by atoms with Gasteiger partial charge in [-0.3, -0.25) is 0 Å². The van der Waals surface area contributed by atoms with Crippen LogP contribution >= 0.6 is 0 Å². The zero-order valence-corrected chi connectivity index (χ0v) is 20.6. The van der Waals surface area contributed by atoms with Gasteiger partial charge in [0.05, 0.1) is 17.8 Å². The maximum atomic E-state index is 10.2. The van der Waals surface area contributed by atoms with Gasteiger partial charge < -0.3 is 15.3 Å².